The van der Waals surface area contributed by atoms with Crippen LogP contribution in [-0.2, 0) is 10.0 Å². The molecule has 0 saturated heterocycles. The summed E-state index contributed by atoms with van der Waals surface area (Å²) >= 11 is 16.9. The molecule has 1 aromatic carbocycles. The smallest absolute Gasteiger partial charge is 0.254 e. The Kier molecular flexibility index (Phi) is 3.63. The minimum absolute atomic E-state index is 0.0491. The molecule has 0 amide bonds. The Morgan fingerprint density at radius 2 is 1.79 bits per heavy atom. The third kappa shape index (κ3) is 2.31. The fourth-order valence-corrected chi connectivity index (χ4v) is 2.57. The minimum atomic E-state index is -3.85. The fraction of sp³-hybridized carbons (Fsp3) is 0. The summed E-state index contributed by atoms with van der Waals surface area (Å²) in [6.07, 6.45) is 0. The van der Waals surface area contributed by atoms with Crippen molar-refractivity contribution in [3.8, 4) is 0 Å². The molecule has 1 aromatic rings. The summed E-state index contributed by atoms with van der Waals surface area (Å²) in [6, 6.07) is 2.49. The van der Waals surface area contributed by atoms with Crippen molar-refractivity contribution in [2.45, 2.75) is 4.90 Å². The van der Waals surface area contributed by atoms with E-state index in [0.717, 1.165) is 6.07 Å². The lowest BCUT2D eigenvalue weighted by molar-refractivity contribution is 0.584. The Morgan fingerprint density at radius 3 is 2.29 bits per heavy atom. The Bertz CT molecular complexity index is 460. The van der Waals surface area contributed by atoms with Crippen LogP contribution >= 0.6 is 34.8 Å². The molecular formula is C6H5Cl3N2O2S. The first-order chi connectivity index (χ1) is 6.38. The van der Waals surface area contributed by atoms with Gasteiger partial charge in [-0.25, -0.2) is 8.42 Å². The summed E-state index contributed by atoms with van der Waals surface area (Å²) in [5, 5.41) is 0.0928. The first-order valence-electron chi connectivity index (χ1n) is 3.25. The molecule has 0 heterocycles. The molecule has 3 N–H and O–H groups in total. The van der Waals surface area contributed by atoms with Crippen LogP contribution in [0.15, 0.2) is 17.0 Å². The molecule has 0 fully saturated rings. The summed E-state index contributed by atoms with van der Waals surface area (Å²) in [4.78, 5) is 1.37. The van der Waals surface area contributed by atoms with Crippen LogP contribution in [0.25, 0.3) is 0 Å². The maximum Gasteiger partial charge on any atom is 0.254 e. The molecule has 4 nitrogen and oxygen atoms in total. The molecule has 0 aromatic heterocycles. The van der Waals surface area contributed by atoms with Crippen molar-refractivity contribution >= 4 is 44.8 Å². The molecule has 0 saturated carbocycles. The van der Waals surface area contributed by atoms with Gasteiger partial charge in [0.1, 0.15) is 4.90 Å². The molecule has 0 atom stereocenters. The van der Waals surface area contributed by atoms with E-state index in [2.05, 4.69) is 0 Å². The first-order valence-corrected chi connectivity index (χ1v) is 5.87. The molecule has 0 unspecified atom stereocenters. The van der Waals surface area contributed by atoms with Crippen molar-refractivity contribution in [2.24, 2.45) is 5.84 Å². The van der Waals surface area contributed by atoms with Gasteiger partial charge in [0.05, 0.1) is 10.0 Å². The van der Waals surface area contributed by atoms with E-state index in [1.165, 1.54) is 6.07 Å². The fourth-order valence-electron chi connectivity index (χ4n) is 0.791. The van der Waals surface area contributed by atoms with E-state index in [1.807, 2.05) is 0 Å². The number of benzene rings is 1. The average molecular weight is 276 g/mol. The Hall–Kier alpha value is -0.0400. The second kappa shape index (κ2) is 4.22. The third-order valence-electron chi connectivity index (χ3n) is 1.40. The standard InChI is InChI=1S/C6H5Cl3N2O2S/c7-3-1-4(8)6(9)5(2-3)14(12,13)11-10/h1-2,11H,10H2. The quantitative estimate of drug-likeness (QED) is 0.491. The van der Waals surface area contributed by atoms with Crippen LogP contribution in [-0.4, -0.2) is 8.42 Å². The van der Waals surface area contributed by atoms with Crippen LogP contribution < -0.4 is 10.7 Å². The maximum atomic E-state index is 11.3. The van der Waals surface area contributed by atoms with E-state index in [1.54, 1.807) is 4.83 Å². The van der Waals surface area contributed by atoms with Gasteiger partial charge in [0, 0.05) is 5.02 Å². The minimum Gasteiger partial charge on any atom is -0.257 e. The van der Waals surface area contributed by atoms with Gasteiger partial charge in [0.15, 0.2) is 0 Å². The van der Waals surface area contributed by atoms with Crippen LogP contribution in [0.1, 0.15) is 0 Å². The van der Waals surface area contributed by atoms with Crippen molar-refractivity contribution in [3.63, 3.8) is 0 Å². The predicted molar refractivity (Wildman–Crippen MR) is 56.0 cm³/mol. The summed E-state index contributed by atoms with van der Waals surface area (Å²) in [5.74, 6) is 4.82. The van der Waals surface area contributed by atoms with E-state index in [4.69, 9.17) is 40.6 Å². The van der Waals surface area contributed by atoms with Crippen LogP contribution in [0.5, 0.6) is 0 Å². The number of halogens is 3. The molecule has 0 spiro atoms. The number of nitrogens with one attached hydrogen (secondary N) is 1. The normalized spacial score (nSPS) is 11.7. The maximum absolute atomic E-state index is 11.3. The van der Waals surface area contributed by atoms with Crippen molar-refractivity contribution in [3.05, 3.63) is 27.2 Å². The van der Waals surface area contributed by atoms with Gasteiger partial charge in [-0.3, -0.25) is 5.84 Å². The Morgan fingerprint density at radius 1 is 1.21 bits per heavy atom. The van der Waals surface area contributed by atoms with Gasteiger partial charge >= 0.3 is 0 Å². The Labute approximate surface area is 96.0 Å². The van der Waals surface area contributed by atoms with E-state index < -0.39 is 10.0 Å². The largest absolute Gasteiger partial charge is 0.257 e. The molecular weight excluding hydrogens is 271 g/mol. The van der Waals surface area contributed by atoms with Crippen LogP contribution in [0.2, 0.25) is 15.1 Å². The number of hydrazine groups is 1. The Balaban J connectivity index is 3.50. The van der Waals surface area contributed by atoms with Crippen molar-refractivity contribution in [2.75, 3.05) is 0 Å². The van der Waals surface area contributed by atoms with Crippen LogP contribution in [0.4, 0.5) is 0 Å². The van der Waals surface area contributed by atoms with Gasteiger partial charge in [-0.2, -0.15) is 4.83 Å². The zero-order valence-corrected chi connectivity index (χ0v) is 9.67. The summed E-state index contributed by atoms with van der Waals surface area (Å²) < 4.78 is 22.6. The highest BCUT2D eigenvalue weighted by Crippen LogP contribution is 2.32. The summed E-state index contributed by atoms with van der Waals surface area (Å²) in [6.45, 7) is 0. The number of hydrogen-bond acceptors (Lipinski definition) is 3. The third-order valence-corrected chi connectivity index (χ3v) is 3.75. The molecule has 78 valence electrons. The molecule has 0 aliphatic rings. The van der Waals surface area contributed by atoms with E-state index in [0.29, 0.717) is 0 Å². The highest BCUT2D eigenvalue weighted by atomic mass is 35.5. The van der Waals surface area contributed by atoms with Gasteiger partial charge in [-0.05, 0) is 12.1 Å². The second-order valence-electron chi connectivity index (χ2n) is 2.32. The van der Waals surface area contributed by atoms with E-state index >= 15 is 0 Å². The van der Waals surface area contributed by atoms with Gasteiger partial charge in [-0.1, -0.05) is 34.8 Å². The van der Waals surface area contributed by atoms with E-state index in [-0.39, 0.29) is 20.0 Å². The molecule has 1 rings (SSSR count). The zero-order valence-electron chi connectivity index (χ0n) is 6.59. The molecule has 0 aliphatic heterocycles. The van der Waals surface area contributed by atoms with Gasteiger partial charge in [-0.15, -0.1) is 0 Å². The average Bonchev–Trinajstić information content (AvgIpc) is 2.11. The van der Waals surface area contributed by atoms with Crippen LogP contribution in [0, 0.1) is 0 Å². The predicted octanol–water partition coefficient (Wildman–Crippen LogP) is 1.80. The lowest BCUT2D eigenvalue weighted by Gasteiger charge is -2.06. The van der Waals surface area contributed by atoms with Crippen LogP contribution in [0.3, 0.4) is 0 Å². The lowest BCUT2D eigenvalue weighted by atomic mass is 10.4. The first kappa shape index (κ1) is 12.0. The molecule has 0 bridgehead atoms. The summed E-state index contributed by atoms with van der Waals surface area (Å²) in [5.41, 5.74) is 0. The second-order valence-corrected chi connectivity index (χ2v) is 5.23. The number of rotatable bonds is 2. The highest BCUT2D eigenvalue weighted by molar-refractivity contribution is 7.89. The zero-order chi connectivity index (χ0) is 10.9. The van der Waals surface area contributed by atoms with Crippen molar-refractivity contribution in [1.29, 1.82) is 0 Å². The number of sulfonamides is 1. The molecule has 8 heteroatoms. The van der Waals surface area contributed by atoms with Gasteiger partial charge in [0.25, 0.3) is 10.0 Å². The summed E-state index contributed by atoms with van der Waals surface area (Å²) in [7, 11) is -3.85. The SMILES string of the molecule is NNS(=O)(=O)c1cc(Cl)cc(Cl)c1Cl. The topological polar surface area (TPSA) is 72.2 Å². The highest BCUT2D eigenvalue weighted by Gasteiger charge is 2.19. The van der Waals surface area contributed by atoms with Crippen molar-refractivity contribution < 1.29 is 8.42 Å². The lowest BCUT2D eigenvalue weighted by Crippen LogP contribution is -2.30. The van der Waals surface area contributed by atoms with Crippen molar-refractivity contribution in [1.82, 2.24) is 4.83 Å². The molecule has 14 heavy (non-hydrogen) atoms. The van der Waals surface area contributed by atoms with Gasteiger partial charge < -0.3 is 0 Å². The van der Waals surface area contributed by atoms with E-state index in [9.17, 15) is 8.42 Å². The number of nitrogens with two attached hydrogens (primary N) is 1. The van der Waals surface area contributed by atoms with Gasteiger partial charge in [0.2, 0.25) is 0 Å². The molecule has 0 radical (unpaired) electrons. The molecule has 0 aliphatic carbocycles. The number of hydrogen-bond donors (Lipinski definition) is 2. The monoisotopic (exact) mass is 274 g/mol.